The van der Waals surface area contributed by atoms with Crippen LogP contribution in [0.25, 0.3) is 0 Å². The van der Waals surface area contributed by atoms with Crippen molar-refractivity contribution >= 4 is 11.3 Å². The molecule has 0 aliphatic rings. The van der Waals surface area contributed by atoms with E-state index in [1.807, 2.05) is 18.6 Å². The van der Waals surface area contributed by atoms with Crippen LogP contribution in [0, 0.1) is 0 Å². The van der Waals surface area contributed by atoms with Crippen LogP contribution in [0.5, 0.6) is 11.5 Å². The monoisotopic (exact) mass is 279 g/mol. The molecule has 0 saturated carbocycles. The van der Waals surface area contributed by atoms with Gasteiger partial charge in [-0.15, -0.1) is 11.3 Å². The smallest absolute Gasteiger partial charge is 0.183 e. The molecule has 0 radical (unpaired) electrons. The van der Waals surface area contributed by atoms with Gasteiger partial charge in [-0.25, -0.2) is 4.98 Å². The maximum absolute atomic E-state index is 5.38. The quantitative estimate of drug-likeness (QED) is 0.811. The summed E-state index contributed by atoms with van der Waals surface area (Å²) in [5.74, 6) is 1.39. The molecule has 0 spiro atoms. The molecule has 102 valence electrons. The number of pyridine rings is 1. The van der Waals surface area contributed by atoms with Gasteiger partial charge in [-0.1, -0.05) is 0 Å². The van der Waals surface area contributed by atoms with Gasteiger partial charge < -0.3 is 9.47 Å². The number of aromatic nitrogens is 2. The Labute approximate surface area is 116 Å². The summed E-state index contributed by atoms with van der Waals surface area (Å²) >= 11 is 1.65. The maximum Gasteiger partial charge on any atom is 0.183 e. The number of ether oxygens (including phenoxy) is 2. The van der Waals surface area contributed by atoms with Gasteiger partial charge in [0, 0.05) is 30.4 Å². The summed E-state index contributed by atoms with van der Waals surface area (Å²) in [7, 11) is 5.28. The zero-order chi connectivity index (χ0) is 13.7. The number of nitrogens with zero attached hydrogens (tertiary/aromatic N) is 3. The topological polar surface area (TPSA) is 47.5 Å². The molecule has 2 aromatic rings. The lowest BCUT2D eigenvalue weighted by molar-refractivity contribution is 0.298. The third-order valence-electron chi connectivity index (χ3n) is 2.67. The zero-order valence-corrected chi connectivity index (χ0v) is 12.1. The molecule has 0 saturated heterocycles. The lowest BCUT2D eigenvalue weighted by atomic mass is 10.3. The van der Waals surface area contributed by atoms with E-state index in [4.69, 9.17) is 9.47 Å². The second-order valence-electron chi connectivity index (χ2n) is 4.09. The Morgan fingerprint density at radius 3 is 2.63 bits per heavy atom. The summed E-state index contributed by atoms with van der Waals surface area (Å²) in [4.78, 5) is 10.8. The lowest BCUT2D eigenvalue weighted by Gasteiger charge is -2.17. The maximum atomic E-state index is 5.38. The first-order valence-corrected chi connectivity index (χ1v) is 6.75. The van der Waals surface area contributed by atoms with E-state index in [0.29, 0.717) is 18.0 Å². The van der Waals surface area contributed by atoms with E-state index in [9.17, 15) is 0 Å². The second kappa shape index (κ2) is 6.49. The average Bonchev–Trinajstić information content (AvgIpc) is 2.91. The van der Waals surface area contributed by atoms with Crippen LogP contribution in [-0.2, 0) is 13.1 Å². The number of hydrogen-bond acceptors (Lipinski definition) is 6. The highest BCUT2D eigenvalue weighted by Gasteiger charge is 2.13. The Balaban J connectivity index is 2.09. The predicted molar refractivity (Wildman–Crippen MR) is 74.6 cm³/mol. The lowest BCUT2D eigenvalue weighted by Crippen LogP contribution is -2.18. The van der Waals surface area contributed by atoms with Crippen LogP contribution in [0.4, 0.5) is 0 Å². The molecule has 2 aromatic heterocycles. The van der Waals surface area contributed by atoms with E-state index in [-0.39, 0.29) is 0 Å². The third kappa shape index (κ3) is 3.42. The average molecular weight is 279 g/mol. The van der Waals surface area contributed by atoms with Crippen LogP contribution in [0.2, 0.25) is 0 Å². The van der Waals surface area contributed by atoms with Crippen molar-refractivity contribution < 1.29 is 9.47 Å². The highest BCUT2D eigenvalue weighted by atomic mass is 32.1. The van der Waals surface area contributed by atoms with Gasteiger partial charge in [0.15, 0.2) is 11.5 Å². The number of rotatable bonds is 6. The predicted octanol–water partition coefficient (Wildman–Crippen LogP) is 2.19. The summed E-state index contributed by atoms with van der Waals surface area (Å²) < 4.78 is 10.6. The molecule has 6 heteroatoms. The molecular formula is C13H17N3O2S. The minimum absolute atomic E-state index is 0.681. The van der Waals surface area contributed by atoms with Gasteiger partial charge in [0.1, 0.15) is 10.7 Å². The highest BCUT2D eigenvalue weighted by molar-refractivity contribution is 7.09. The molecule has 0 fully saturated rings. The van der Waals surface area contributed by atoms with Crippen molar-refractivity contribution in [2.45, 2.75) is 13.1 Å². The summed E-state index contributed by atoms with van der Waals surface area (Å²) in [6.07, 6.45) is 3.55. The summed E-state index contributed by atoms with van der Waals surface area (Å²) in [6, 6.07) is 1.79. The van der Waals surface area contributed by atoms with E-state index in [0.717, 1.165) is 17.2 Å². The van der Waals surface area contributed by atoms with E-state index in [1.165, 1.54) is 0 Å². The molecule has 0 N–H and O–H groups in total. The first kappa shape index (κ1) is 13.8. The van der Waals surface area contributed by atoms with E-state index < -0.39 is 0 Å². The molecule has 0 bridgehead atoms. The molecule has 0 atom stereocenters. The van der Waals surface area contributed by atoms with Gasteiger partial charge in [-0.05, 0) is 7.05 Å². The van der Waals surface area contributed by atoms with Crippen molar-refractivity contribution in [2.24, 2.45) is 0 Å². The minimum atomic E-state index is 0.681. The van der Waals surface area contributed by atoms with Gasteiger partial charge >= 0.3 is 0 Å². The van der Waals surface area contributed by atoms with Crippen LogP contribution in [0.3, 0.4) is 0 Å². The fraction of sp³-hybridized carbons (Fsp3) is 0.385. The van der Waals surface area contributed by atoms with Crippen molar-refractivity contribution in [1.29, 1.82) is 0 Å². The highest BCUT2D eigenvalue weighted by Crippen LogP contribution is 2.29. The Kier molecular flexibility index (Phi) is 4.70. The molecule has 0 aliphatic heterocycles. The fourth-order valence-corrected chi connectivity index (χ4v) is 2.53. The van der Waals surface area contributed by atoms with Gasteiger partial charge in [0.05, 0.1) is 20.8 Å². The number of methoxy groups -OCH3 is 2. The standard InChI is InChI=1S/C13H17N3O2S/c1-16(9-12-15-6-7-19-12)8-10-13(18-3)11(17-2)4-5-14-10/h4-7H,8-9H2,1-3H3. The van der Waals surface area contributed by atoms with Crippen LogP contribution in [-0.4, -0.2) is 36.1 Å². The summed E-state index contributed by atoms with van der Waals surface area (Å²) in [5, 5.41) is 3.07. The van der Waals surface area contributed by atoms with Gasteiger partial charge in [0.25, 0.3) is 0 Å². The van der Waals surface area contributed by atoms with E-state index in [2.05, 4.69) is 14.9 Å². The third-order valence-corrected chi connectivity index (χ3v) is 3.44. The molecule has 2 rings (SSSR count). The Morgan fingerprint density at radius 1 is 1.16 bits per heavy atom. The number of hydrogen-bond donors (Lipinski definition) is 0. The largest absolute Gasteiger partial charge is 0.493 e. The Bertz CT molecular complexity index is 517. The van der Waals surface area contributed by atoms with Crippen LogP contribution >= 0.6 is 11.3 Å². The molecule has 19 heavy (non-hydrogen) atoms. The van der Waals surface area contributed by atoms with Gasteiger partial charge in [-0.2, -0.15) is 0 Å². The fourth-order valence-electron chi connectivity index (χ4n) is 1.84. The van der Waals surface area contributed by atoms with Gasteiger partial charge in [0.2, 0.25) is 0 Å². The summed E-state index contributed by atoms with van der Waals surface area (Å²) in [5.41, 5.74) is 0.862. The minimum Gasteiger partial charge on any atom is -0.493 e. The van der Waals surface area contributed by atoms with E-state index in [1.54, 1.807) is 37.8 Å². The molecule has 0 unspecified atom stereocenters. The molecule has 0 aromatic carbocycles. The van der Waals surface area contributed by atoms with Gasteiger partial charge in [-0.3, -0.25) is 9.88 Å². The Morgan fingerprint density at radius 2 is 2.00 bits per heavy atom. The second-order valence-corrected chi connectivity index (χ2v) is 5.07. The number of thiazole rings is 1. The van der Waals surface area contributed by atoms with Crippen molar-refractivity contribution in [1.82, 2.24) is 14.9 Å². The molecular weight excluding hydrogens is 262 g/mol. The zero-order valence-electron chi connectivity index (χ0n) is 11.3. The summed E-state index contributed by atoms with van der Waals surface area (Å²) in [6.45, 7) is 1.47. The first-order chi connectivity index (χ1) is 9.24. The first-order valence-electron chi connectivity index (χ1n) is 5.87. The van der Waals surface area contributed by atoms with Crippen LogP contribution in [0.1, 0.15) is 10.7 Å². The molecule has 5 nitrogen and oxygen atoms in total. The Hall–Kier alpha value is -1.66. The van der Waals surface area contributed by atoms with Crippen molar-refractivity contribution in [2.75, 3.05) is 21.3 Å². The van der Waals surface area contributed by atoms with Crippen molar-refractivity contribution in [3.8, 4) is 11.5 Å². The SMILES string of the molecule is COc1ccnc(CN(C)Cc2nccs2)c1OC. The van der Waals surface area contributed by atoms with E-state index >= 15 is 0 Å². The normalized spacial score (nSPS) is 10.7. The molecule has 0 amide bonds. The van der Waals surface area contributed by atoms with Crippen molar-refractivity contribution in [3.63, 3.8) is 0 Å². The molecule has 2 heterocycles. The van der Waals surface area contributed by atoms with Crippen molar-refractivity contribution in [3.05, 3.63) is 34.5 Å². The van der Waals surface area contributed by atoms with Crippen LogP contribution in [0.15, 0.2) is 23.8 Å². The van der Waals surface area contributed by atoms with Crippen LogP contribution < -0.4 is 9.47 Å². The molecule has 0 aliphatic carbocycles.